The summed E-state index contributed by atoms with van der Waals surface area (Å²) < 4.78 is 30.4. The monoisotopic (exact) mass is 289 g/mol. The summed E-state index contributed by atoms with van der Waals surface area (Å²) in [5.41, 5.74) is 0. The van der Waals surface area contributed by atoms with Crippen LogP contribution in [0.5, 0.6) is 0 Å². The van der Waals surface area contributed by atoms with E-state index in [1.807, 2.05) is 6.92 Å². The number of aryl methyl sites for hydroxylation is 1. The Bertz CT molecular complexity index is 524. The van der Waals surface area contributed by atoms with Gasteiger partial charge in [0.1, 0.15) is 5.76 Å². The highest BCUT2D eigenvalue weighted by atomic mass is 32.2. The summed E-state index contributed by atoms with van der Waals surface area (Å²) in [6, 6.07) is 0.690. The van der Waals surface area contributed by atoms with Crippen molar-refractivity contribution in [1.29, 1.82) is 0 Å². The van der Waals surface area contributed by atoms with Crippen LogP contribution in [0.25, 0.3) is 0 Å². The number of carbonyl (C=O) groups is 1. The number of nitrogens with zero attached hydrogens (tertiary/aromatic N) is 1. The fraction of sp³-hybridized carbons (Fsp3) is 0.636. The Labute approximate surface area is 112 Å². The number of nitrogens with one attached hydrogen (secondary N) is 2. The number of unbranched alkanes of at least 4 members (excludes halogenated alkanes) is 1. The van der Waals surface area contributed by atoms with Crippen molar-refractivity contribution in [3.63, 3.8) is 0 Å². The molecule has 1 aromatic rings. The van der Waals surface area contributed by atoms with Gasteiger partial charge < -0.3 is 9.84 Å². The minimum absolute atomic E-state index is 0.0180. The SMILES string of the molecule is CCCCS(=O)(=O)N[C@H](C)C(=O)Nc1cc(C)on1. The third kappa shape index (κ3) is 5.39. The molecule has 0 aliphatic rings. The molecule has 0 aliphatic heterocycles. The molecule has 1 atom stereocenters. The Morgan fingerprint density at radius 1 is 1.53 bits per heavy atom. The van der Waals surface area contributed by atoms with Crippen molar-refractivity contribution < 1.29 is 17.7 Å². The summed E-state index contributed by atoms with van der Waals surface area (Å²) in [4.78, 5) is 11.8. The zero-order valence-electron chi connectivity index (χ0n) is 11.3. The predicted molar refractivity (Wildman–Crippen MR) is 71.2 cm³/mol. The summed E-state index contributed by atoms with van der Waals surface area (Å²) in [6.45, 7) is 5.07. The smallest absolute Gasteiger partial charge is 0.243 e. The maximum atomic E-state index is 11.8. The minimum Gasteiger partial charge on any atom is -0.360 e. The van der Waals surface area contributed by atoms with Crippen LogP contribution in [-0.4, -0.2) is 31.3 Å². The van der Waals surface area contributed by atoms with E-state index in [-0.39, 0.29) is 11.6 Å². The summed E-state index contributed by atoms with van der Waals surface area (Å²) in [5.74, 6) is 0.367. The second-order valence-electron chi connectivity index (χ2n) is 4.32. The van der Waals surface area contributed by atoms with Gasteiger partial charge in [-0.25, -0.2) is 13.1 Å². The molecule has 1 aromatic heterocycles. The Kier molecular flexibility index (Phi) is 5.49. The molecule has 0 unspecified atom stereocenters. The molecular weight excluding hydrogens is 270 g/mol. The highest BCUT2D eigenvalue weighted by molar-refractivity contribution is 7.89. The Balaban J connectivity index is 2.53. The van der Waals surface area contributed by atoms with Gasteiger partial charge in [-0.3, -0.25) is 4.79 Å². The van der Waals surface area contributed by atoms with Gasteiger partial charge in [0.25, 0.3) is 0 Å². The molecule has 2 N–H and O–H groups in total. The molecule has 0 bridgehead atoms. The molecule has 7 nitrogen and oxygen atoms in total. The van der Waals surface area contributed by atoms with Crippen LogP contribution in [0.15, 0.2) is 10.6 Å². The van der Waals surface area contributed by atoms with Gasteiger partial charge in [-0.1, -0.05) is 18.5 Å². The Morgan fingerprint density at radius 2 is 2.21 bits per heavy atom. The predicted octanol–water partition coefficient (Wildman–Crippen LogP) is 1.03. The van der Waals surface area contributed by atoms with Crippen molar-refractivity contribution in [2.24, 2.45) is 0 Å². The second kappa shape index (κ2) is 6.67. The first-order valence-electron chi connectivity index (χ1n) is 6.08. The lowest BCUT2D eigenvalue weighted by Crippen LogP contribution is -2.42. The molecule has 0 aliphatic carbocycles. The van der Waals surface area contributed by atoms with E-state index in [1.165, 1.54) is 6.92 Å². The number of carbonyl (C=O) groups excluding carboxylic acids is 1. The lowest BCUT2D eigenvalue weighted by Gasteiger charge is -2.12. The van der Waals surface area contributed by atoms with Gasteiger partial charge in [-0.15, -0.1) is 0 Å². The summed E-state index contributed by atoms with van der Waals surface area (Å²) >= 11 is 0. The molecule has 0 saturated heterocycles. The molecule has 0 saturated carbocycles. The molecule has 19 heavy (non-hydrogen) atoms. The summed E-state index contributed by atoms with van der Waals surface area (Å²) in [7, 11) is -3.43. The number of amides is 1. The number of sulfonamides is 1. The molecule has 8 heteroatoms. The third-order valence-electron chi connectivity index (χ3n) is 2.40. The fourth-order valence-corrected chi connectivity index (χ4v) is 2.81. The Hall–Kier alpha value is -1.41. The van der Waals surface area contributed by atoms with Crippen LogP contribution < -0.4 is 10.0 Å². The Morgan fingerprint density at radius 3 is 2.74 bits per heavy atom. The van der Waals surface area contributed by atoms with Crippen LogP contribution in [0, 0.1) is 6.92 Å². The van der Waals surface area contributed by atoms with Gasteiger partial charge in [0.05, 0.1) is 11.8 Å². The molecule has 1 rings (SSSR count). The number of rotatable bonds is 7. The van der Waals surface area contributed by atoms with Crippen molar-refractivity contribution in [2.75, 3.05) is 11.1 Å². The van der Waals surface area contributed by atoms with Gasteiger partial charge in [0, 0.05) is 6.07 Å². The van der Waals surface area contributed by atoms with Crippen LogP contribution in [0.3, 0.4) is 0 Å². The normalized spacial score (nSPS) is 13.2. The minimum atomic E-state index is -3.43. The van der Waals surface area contributed by atoms with E-state index in [1.54, 1.807) is 13.0 Å². The van der Waals surface area contributed by atoms with Gasteiger partial charge in [0.15, 0.2) is 5.82 Å². The molecule has 1 amide bonds. The number of hydrogen-bond acceptors (Lipinski definition) is 5. The van der Waals surface area contributed by atoms with E-state index >= 15 is 0 Å². The van der Waals surface area contributed by atoms with E-state index in [0.29, 0.717) is 12.2 Å². The molecule has 1 heterocycles. The standard InChI is InChI=1S/C11H19N3O4S/c1-4-5-6-19(16,17)14-9(3)11(15)12-10-7-8(2)18-13-10/h7,9,14H,4-6H2,1-3H3,(H,12,13,15)/t9-/m1/s1. The average Bonchev–Trinajstić information content (AvgIpc) is 2.71. The van der Waals surface area contributed by atoms with Gasteiger partial charge >= 0.3 is 0 Å². The van der Waals surface area contributed by atoms with E-state index in [2.05, 4.69) is 15.2 Å². The maximum Gasteiger partial charge on any atom is 0.243 e. The topological polar surface area (TPSA) is 101 Å². The number of hydrogen-bond donors (Lipinski definition) is 2. The number of anilines is 1. The first-order chi connectivity index (χ1) is 8.84. The van der Waals surface area contributed by atoms with Crippen molar-refractivity contribution >= 4 is 21.7 Å². The molecule has 0 radical (unpaired) electrons. The van der Waals surface area contributed by atoms with Crippen molar-refractivity contribution in [3.8, 4) is 0 Å². The largest absolute Gasteiger partial charge is 0.360 e. The third-order valence-corrected chi connectivity index (χ3v) is 3.93. The van der Waals surface area contributed by atoms with Gasteiger partial charge in [0.2, 0.25) is 15.9 Å². The van der Waals surface area contributed by atoms with Gasteiger partial charge in [-0.2, -0.15) is 0 Å². The van der Waals surface area contributed by atoms with Crippen molar-refractivity contribution in [3.05, 3.63) is 11.8 Å². The number of aromatic nitrogens is 1. The van der Waals surface area contributed by atoms with E-state index in [4.69, 9.17) is 4.52 Å². The zero-order valence-corrected chi connectivity index (χ0v) is 12.1. The van der Waals surface area contributed by atoms with E-state index in [9.17, 15) is 13.2 Å². The van der Waals surface area contributed by atoms with Crippen LogP contribution in [0.1, 0.15) is 32.4 Å². The fourth-order valence-electron chi connectivity index (χ4n) is 1.38. The average molecular weight is 289 g/mol. The van der Waals surface area contributed by atoms with Crippen LogP contribution in [0.4, 0.5) is 5.82 Å². The zero-order chi connectivity index (χ0) is 14.5. The van der Waals surface area contributed by atoms with Crippen LogP contribution >= 0.6 is 0 Å². The molecular formula is C11H19N3O4S. The van der Waals surface area contributed by atoms with Crippen LogP contribution in [0.2, 0.25) is 0 Å². The van der Waals surface area contributed by atoms with Crippen molar-refractivity contribution in [1.82, 2.24) is 9.88 Å². The lowest BCUT2D eigenvalue weighted by molar-refractivity contribution is -0.117. The highest BCUT2D eigenvalue weighted by Gasteiger charge is 2.20. The quantitative estimate of drug-likeness (QED) is 0.780. The lowest BCUT2D eigenvalue weighted by atomic mass is 10.3. The molecule has 0 fully saturated rings. The van der Waals surface area contributed by atoms with Crippen molar-refractivity contribution in [2.45, 2.75) is 39.7 Å². The second-order valence-corrected chi connectivity index (χ2v) is 6.20. The summed E-state index contributed by atoms with van der Waals surface area (Å²) in [6.07, 6.45) is 1.34. The van der Waals surface area contributed by atoms with E-state index < -0.39 is 22.0 Å². The molecule has 0 aromatic carbocycles. The molecule has 0 spiro atoms. The molecule has 108 valence electrons. The maximum absolute atomic E-state index is 11.8. The first-order valence-corrected chi connectivity index (χ1v) is 7.73. The van der Waals surface area contributed by atoms with Crippen LogP contribution in [-0.2, 0) is 14.8 Å². The van der Waals surface area contributed by atoms with E-state index in [0.717, 1.165) is 6.42 Å². The highest BCUT2D eigenvalue weighted by Crippen LogP contribution is 2.07. The summed E-state index contributed by atoms with van der Waals surface area (Å²) in [5, 5.41) is 6.07. The first kappa shape index (κ1) is 15.6. The van der Waals surface area contributed by atoms with Gasteiger partial charge in [-0.05, 0) is 20.3 Å².